The average Bonchev–Trinajstić information content (AvgIpc) is 2.93. The molecule has 3 aromatic carbocycles. The standard InChI is InChI=1S/C29H27BrIN3O3/c1-36-26-16-20(15-24(31)27(26)37-18-19-11-13-22(30)14-12-19)17-32-34-28(21-7-3-2-4-8-21)33-25-10-6-5-9-23(25)29(34)35/h5-6,9-17,21H,2-4,7-8,18H2,1H3. The van der Waals surface area contributed by atoms with Crippen molar-refractivity contribution in [1.29, 1.82) is 0 Å². The number of methoxy groups -OCH3 is 1. The fraction of sp³-hybridized carbons (Fsp3) is 0.276. The molecule has 37 heavy (non-hydrogen) atoms. The highest BCUT2D eigenvalue weighted by atomic mass is 127. The fourth-order valence-electron chi connectivity index (χ4n) is 4.69. The number of hydrogen-bond donors (Lipinski definition) is 0. The molecule has 1 heterocycles. The van der Waals surface area contributed by atoms with Crippen LogP contribution in [0.5, 0.6) is 11.5 Å². The number of benzene rings is 3. The number of fused-ring (bicyclic) bond motifs is 1. The van der Waals surface area contributed by atoms with Crippen LogP contribution in [0.4, 0.5) is 0 Å². The molecule has 1 aromatic heterocycles. The summed E-state index contributed by atoms with van der Waals surface area (Å²) in [6.45, 7) is 0.427. The lowest BCUT2D eigenvalue weighted by Gasteiger charge is -2.22. The van der Waals surface area contributed by atoms with E-state index in [1.807, 2.05) is 60.7 Å². The molecule has 8 heteroatoms. The monoisotopic (exact) mass is 671 g/mol. The summed E-state index contributed by atoms with van der Waals surface area (Å²) in [4.78, 5) is 18.4. The second-order valence-electron chi connectivity index (χ2n) is 9.13. The quantitative estimate of drug-likeness (QED) is 0.153. The van der Waals surface area contributed by atoms with Crippen molar-refractivity contribution in [3.8, 4) is 11.5 Å². The number of aromatic nitrogens is 2. The second-order valence-corrected chi connectivity index (χ2v) is 11.2. The van der Waals surface area contributed by atoms with E-state index in [1.165, 1.54) is 11.1 Å². The first-order valence-corrected chi connectivity index (χ1v) is 14.2. The molecule has 6 nitrogen and oxygen atoms in total. The lowest BCUT2D eigenvalue weighted by molar-refractivity contribution is 0.282. The topological polar surface area (TPSA) is 65.7 Å². The Hall–Kier alpha value is -2.72. The molecule has 0 spiro atoms. The number of nitrogens with zero attached hydrogens (tertiary/aromatic N) is 3. The Morgan fingerprint density at radius 3 is 2.62 bits per heavy atom. The van der Waals surface area contributed by atoms with E-state index in [0.29, 0.717) is 23.5 Å². The lowest BCUT2D eigenvalue weighted by atomic mass is 9.88. The summed E-state index contributed by atoms with van der Waals surface area (Å²) in [5.41, 5.74) is 2.46. The Morgan fingerprint density at radius 2 is 1.86 bits per heavy atom. The highest BCUT2D eigenvalue weighted by Gasteiger charge is 2.22. The van der Waals surface area contributed by atoms with Gasteiger partial charge in [-0.2, -0.15) is 9.78 Å². The molecule has 4 aromatic rings. The molecule has 1 fully saturated rings. The molecule has 0 bridgehead atoms. The van der Waals surface area contributed by atoms with Crippen LogP contribution in [0, 0.1) is 3.57 Å². The second kappa shape index (κ2) is 11.8. The third-order valence-corrected chi connectivity index (χ3v) is 7.95. The van der Waals surface area contributed by atoms with Gasteiger partial charge >= 0.3 is 0 Å². The van der Waals surface area contributed by atoms with Crippen LogP contribution in [0.3, 0.4) is 0 Å². The molecule has 0 N–H and O–H groups in total. The Labute approximate surface area is 238 Å². The summed E-state index contributed by atoms with van der Waals surface area (Å²) < 4.78 is 15.2. The van der Waals surface area contributed by atoms with E-state index in [9.17, 15) is 4.79 Å². The normalized spacial score (nSPS) is 14.4. The third kappa shape index (κ3) is 5.90. The molecule has 0 aliphatic heterocycles. The SMILES string of the molecule is COc1cc(C=Nn2c(C3CCCCC3)nc3ccccc3c2=O)cc(I)c1OCc1ccc(Br)cc1. The zero-order chi connectivity index (χ0) is 25.8. The summed E-state index contributed by atoms with van der Waals surface area (Å²) in [5.74, 6) is 2.26. The van der Waals surface area contributed by atoms with Crippen molar-refractivity contribution in [3.63, 3.8) is 0 Å². The summed E-state index contributed by atoms with van der Waals surface area (Å²) >= 11 is 5.70. The Balaban J connectivity index is 1.47. The van der Waals surface area contributed by atoms with E-state index < -0.39 is 0 Å². The van der Waals surface area contributed by atoms with Crippen molar-refractivity contribution in [3.05, 3.63) is 96.0 Å². The summed E-state index contributed by atoms with van der Waals surface area (Å²) in [6, 6.07) is 19.4. The smallest absolute Gasteiger partial charge is 0.282 e. The molecular weight excluding hydrogens is 645 g/mol. The highest BCUT2D eigenvalue weighted by molar-refractivity contribution is 14.1. The zero-order valence-electron chi connectivity index (χ0n) is 20.5. The van der Waals surface area contributed by atoms with Crippen LogP contribution < -0.4 is 15.0 Å². The first kappa shape index (κ1) is 25.9. The average molecular weight is 672 g/mol. The van der Waals surface area contributed by atoms with Gasteiger partial charge in [-0.05, 0) is 83.0 Å². The minimum Gasteiger partial charge on any atom is -0.493 e. The predicted octanol–water partition coefficient (Wildman–Crippen LogP) is 7.28. The van der Waals surface area contributed by atoms with Gasteiger partial charge in [0.2, 0.25) is 0 Å². The number of halogens is 2. The summed E-state index contributed by atoms with van der Waals surface area (Å²) in [6.07, 6.45) is 7.27. The van der Waals surface area contributed by atoms with Crippen LogP contribution in [-0.4, -0.2) is 23.0 Å². The number of para-hydroxylation sites is 1. The van der Waals surface area contributed by atoms with Crippen LogP contribution >= 0.6 is 38.5 Å². The zero-order valence-corrected chi connectivity index (χ0v) is 24.2. The van der Waals surface area contributed by atoms with Gasteiger partial charge in [0, 0.05) is 10.4 Å². The lowest BCUT2D eigenvalue weighted by Crippen LogP contribution is -2.25. The Kier molecular flexibility index (Phi) is 8.24. The van der Waals surface area contributed by atoms with Gasteiger partial charge in [-0.1, -0.05) is 59.5 Å². The van der Waals surface area contributed by atoms with Crippen LogP contribution in [0.15, 0.2) is 75.0 Å². The van der Waals surface area contributed by atoms with Gasteiger partial charge in [0.25, 0.3) is 5.56 Å². The van der Waals surface area contributed by atoms with Gasteiger partial charge in [0.1, 0.15) is 12.4 Å². The van der Waals surface area contributed by atoms with Crippen LogP contribution in [0.25, 0.3) is 10.9 Å². The van der Waals surface area contributed by atoms with Gasteiger partial charge in [-0.15, -0.1) is 0 Å². The van der Waals surface area contributed by atoms with E-state index in [0.717, 1.165) is 56.2 Å². The third-order valence-electron chi connectivity index (χ3n) is 6.62. The van der Waals surface area contributed by atoms with Gasteiger partial charge in [0.15, 0.2) is 11.5 Å². The number of hydrogen-bond acceptors (Lipinski definition) is 5. The fourth-order valence-corrected chi connectivity index (χ4v) is 5.74. The number of rotatable bonds is 7. The van der Waals surface area contributed by atoms with Crippen LogP contribution in [0.1, 0.15) is 55.0 Å². The minimum absolute atomic E-state index is 0.140. The number of ether oxygens (including phenoxy) is 2. The molecule has 0 saturated heterocycles. The molecular formula is C29H27BrIN3O3. The van der Waals surface area contributed by atoms with Crippen molar-refractivity contribution in [2.75, 3.05) is 7.11 Å². The Morgan fingerprint density at radius 1 is 1.11 bits per heavy atom. The molecule has 0 unspecified atom stereocenters. The van der Waals surface area contributed by atoms with Crippen molar-refractivity contribution < 1.29 is 9.47 Å². The van der Waals surface area contributed by atoms with Crippen molar-refractivity contribution in [2.24, 2.45) is 5.10 Å². The molecule has 190 valence electrons. The van der Waals surface area contributed by atoms with E-state index in [4.69, 9.17) is 14.5 Å². The highest BCUT2D eigenvalue weighted by Crippen LogP contribution is 2.35. The predicted molar refractivity (Wildman–Crippen MR) is 159 cm³/mol. The van der Waals surface area contributed by atoms with E-state index in [2.05, 4.69) is 43.6 Å². The molecule has 1 aliphatic carbocycles. The van der Waals surface area contributed by atoms with Crippen LogP contribution in [0.2, 0.25) is 0 Å². The molecule has 1 aliphatic rings. The van der Waals surface area contributed by atoms with Crippen molar-refractivity contribution in [1.82, 2.24) is 9.66 Å². The van der Waals surface area contributed by atoms with Gasteiger partial charge in [0.05, 0.1) is 27.8 Å². The Bertz CT molecular complexity index is 1500. The first-order chi connectivity index (χ1) is 18.0. The first-order valence-electron chi connectivity index (χ1n) is 12.3. The maximum atomic E-state index is 13.5. The molecule has 5 rings (SSSR count). The summed E-state index contributed by atoms with van der Waals surface area (Å²) in [7, 11) is 1.62. The van der Waals surface area contributed by atoms with E-state index >= 15 is 0 Å². The maximum absolute atomic E-state index is 13.5. The van der Waals surface area contributed by atoms with Crippen molar-refractivity contribution >= 4 is 55.6 Å². The molecule has 1 saturated carbocycles. The molecule has 0 amide bonds. The van der Waals surface area contributed by atoms with Gasteiger partial charge in [-0.25, -0.2) is 4.98 Å². The maximum Gasteiger partial charge on any atom is 0.282 e. The van der Waals surface area contributed by atoms with Crippen LogP contribution in [-0.2, 0) is 6.61 Å². The van der Waals surface area contributed by atoms with Crippen molar-refractivity contribution in [2.45, 2.75) is 44.6 Å². The van der Waals surface area contributed by atoms with E-state index in [1.54, 1.807) is 13.3 Å². The van der Waals surface area contributed by atoms with Gasteiger partial charge < -0.3 is 9.47 Å². The van der Waals surface area contributed by atoms with Gasteiger partial charge in [-0.3, -0.25) is 4.79 Å². The summed E-state index contributed by atoms with van der Waals surface area (Å²) in [5, 5.41) is 5.23. The molecule has 0 radical (unpaired) electrons. The minimum atomic E-state index is -0.140. The largest absolute Gasteiger partial charge is 0.493 e. The van der Waals surface area contributed by atoms with E-state index in [-0.39, 0.29) is 11.5 Å². The molecule has 0 atom stereocenters.